The zero-order chi connectivity index (χ0) is 31.6. The third kappa shape index (κ3) is 9.78. The van der Waals surface area contributed by atoms with Crippen LogP contribution in [0.4, 0.5) is 17.6 Å². The molecule has 228 valence electrons. The molecular weight excluding hydrogens is 570 g/mol. The standard InChI is InChI=1S/C28H27F4NO2.C4H4O4/c1-2-25(27(34)20-9-6-10-22(29)17-20)33-16-15-26(24(18-33)19-7-4-3-5-8-19)35-23-13-11-21(12-14-23)28(30,31)32;5-3(6)1-2-4(7)8/h3-14,17,24-26H,2,15-16,18H2,1H3;1-2H,(H,5,6)(H,7,8)/b;2-1-/t24-,25?,26+;/m1./s1. The summed E-state index contributed by atoms with van der Waals surface area (Å²) >= 11 is 0. The van der Waals surface area contributed by atoms with Crippen molar-refractivity contribution in [3.63, 3.8) is 0 Å². The highest BCUT2D eigenvalue weighted by Crippen LogP contribution is 2.34. The van der Waals surface area contributed by atoms with Crippen LogP contribution in [0.5, 0.6) is 5.75 Å². The number of hydrogen-bond acceptors (Lipinski definition) is 5. The molecule has 0 aromatic heterocycles. The number of alkyl halides is 3. The molecule has 3 aromatic rings. The fourth-order valence-electron chi connectivity index (χ4n) is 4.88. The van der Waals surface area contributed by atoms with Gasteiger partial charge in [-0.3, -0.25) is 9.69 Å². The average Bonchev–Trinajstić information content (AvgIpc) is 2.97. The molecule has 0 bridgehead atoms. The van der Waals surface area contributed by atoms with Gasteiger partial charge in [-0.15, -0.1) is 0 Å². The van der Waals surface area contributed by atoms with Gasteiger partial charge in [0.05, 0.1) is 11.6 Å². The van der Waals surface area contributed by atoms with E-state index in [0.717, 1.165) is 17.7 Å². The quantitative estimate of drug-likeness (QED) is 0.165. The van der Waals surface area contributed by atoms with Gasteiger partial charge in [0, 0.05) is 36.7 Å². The molecule has 43 heavy (non-hydrogen) atoms. The number of benzene rings is 3. The van der Waals surface area contributed by atoms with Crippen LogP contribution in [-0.2, 0) is 15.8 Å². The Bertz CT molecular complexity index is 1390. The van der Waals surface area contributed by atoms with E-state index >= 15 is 0 Å². The molecule has 1 aliphatic heterocycles. The summed E-state index contributed by atoms with van der Waals surface area (Å²) in [6.45, 7) is 3.05. The number of rotatable bonds is 9. The summed E-state index contributed by atoms with van der Waals surface area (Å²) in [5, 5.41) is 15.6. The topological polar surface area (TPSA) is 104 Å². The smallest absolute Gasteiger partial charge is 0.416 e. The number of carboxylic acid groups (broad SMARTS) is 2. The van der Waals surface area contributed by atoms with Crippen molar-refractivity contribution in [2.75, 3.05) is 13.1 Å². The molecule has 4 rings (SSSR count). The Balaban J connectivity index is 0.000000557. The molecule has 1 aliphatic rings. The molecule has 0 spiro atoms. The number of hydrogen-bond donors (Lipinski definition) is 2. The summed E-state index contributed by atoms with van der Waals surface area (Å²) in [7, 11) is 0. The van der Waals surface area contributed by atoms with E-state index in [1.54, 1.807) is 6.07 Å². The lowest BCUT2D eigenvalue weighted by molar-refractivity contribution is -0.137. The van der Waals surface area contributed by atoms with Crippen LogP contribution in [0.1, 0.15) is 47.2 Å². The summed E-state index contributed by atoms with van der Waals surface area (Å²) in [6.07, 6.45) is -2.40. The van der Waals surface area contributed by atoms with Gasteiger partial charge in [-0.2, -0.15) is 13.2 Å². The predicted molar refractivity (Wildman–Crippen MR) is 150 cm³/mol. The van der Waals surface area contributed by atoms with E-state index in [9.17, 15) is 31.9 Å². The number of halogens is 4. The van der Waals surface area contributed by atoms with Gasteiger partial charge in [0.1, 0.15) is 17.7 Å². The van der Waals surface area contributed by atoms with Crippen LogP contribution in [0.15, 0.2) is 91.0 Å². The monoisotopic (exact) mass is 601 g/mol. The fourth-order valence-corrected chi connectivity index (χ4v) is 4.88. The summed E-state index contributed by atoms with van der Waals surface area (Å²) in [5.74, 6) is -2.81. The number of nitrogens with zero attached hydrogens (tertiary/aromatic N) is 1. The minimum Gasteiger partial charge on any atom is -0.490 e. The first-order valence-corrected chi connectivity index (χ1v) is 13.5. The third-order valence-electron chi connectivity index (χ3n) is 6.89. The summed E-state index contributed by atoms with van der Waals surface area (Å²) in [4.78, 5) is 34.4. The van der Waals surface area contributed by atoms with E-state index in [1.165, 1.54) is 30.3 Å². The van der Waals surface area contributed by atoms with Crippen molar-refractivity contribution in [3.05, 3.63) is 114 Å². The highest BCUT2D eigenvalue weighted by atomic mass is 19.4. The minimum atomic E-state index is -4.40. The Morgan fingerprint density at radius 1 is 0.953 bits per heavy atom. The van der Waals surface area contributed by atoms with Crippen LogP contribution in [-0.4, -0.2) is 58.1 Å². The van der Waals surface area contributed by atoms with Crippen molar-refractivity contribution in [1.82, 2.24) is 4.90 Å². The van der Waals surface area contributed by atoms with Crippen molar-refractivity contribution < 1.29 is 46.9 Å². The fraction of sp³-hybridized carbons (Fsp3) is 0.281. The van der Waals surface area contributed by atoms with E-state index in [1.807, 2.05) is 37.3 Å². The zero-order valence-electron chi connectivity index (χ0n) is 23.2. The lowest BCUT2D eigenvalue weighted by Crippen LogP contribution is -2.50. The van der Waals surface area contributed by atoms with Gasteiger partial charge < -0.3 is 14.9 Å². The normalized spacial score (nSPS) is 17.9. The first kappa shape index (κ1) is 33.0. The molecule has 0 saturated carbocycles. The lowest BCUT2D eigenvalue weighted by atomic mass is 9.86. The van der Waals surface area contributed by atoms with Crippen LogP contribution in [0.3, 0.4) is 0 Å². The summed E-state index contributed by atoms with van der Waals surface area (Å²) in [5.41, 5.74) is 0.652. The number of piperidine rings is 1. The largest absolute Gasteiger partial charge is 0.490 e. The van der Waals surface area contributed by atoms with Crippen LogP contribution >= 0.6 is 0 Å². The van der Waals surface area contributed by atoms with Gasteiger partial charge in [0.15, 0.2) is 5.78 Å². The Hall–Kier alpha value is -4.51. The number of carbonyl (C=O) groups is 3. The summed E-state index contributed by atoms with van der Waals surface area (Å²) in [6, 6.07) is 19.8. The van der Waals surface area contributed by atoms with Crippen LogP contribution in [0, 0.1) is 5.82 Å². The number of carboxylic acids is 2. The molecule has 0 radical (unpaired) electrons. The molecule has 1 saturated heterocycles. The second-order valence-electron chi connectivity index (χ2n) is 9.79. The Morgan fingerprint density at radius 3 is 2.12 bits per heavy atom. The van der Waals surface area contributed by atoms with E-state index in [0.29, 0.717) is 49.4 Å². The van der Waals surface area contributed by atoms with Crippen molar-refractivity contribution >= 4 is 17.7 Å². The first-order chi connectivity index (χ1) is 20.4. The highest BCUT2D eigenvalue weighted by molar-refractivity contribution is 6.00. The zero-order valence-corrected chi connectivity index (χ0v) is 23.2. The van der Waals surface area contributed by atoms with Gasteiger partial charge in [0.25, 0.3) is 0 Å². The molecule has 0 aliphatic carbocycles. The van der Waals surface area contributed by atoms with Crippen molar-refractivity contribution in [1.29, 1.82) is 0 Å². The molecule has 3 atom stereocenters. The highest BCUT2D eigenvalue weighted by Gasteiger charge is 2.37. The molecule has 7 nitrogen and oxygen atoms in total. The Kier molecular flexibility index (Phi) is 11.6. The number of Topliss-reactive ketones (excluding diaryl/α,β-unsaturated/α-hetero) is 1. The van der Waals surface area contributed by atoms with Gasteiger partial charge in [0.2, 0.25) is 0 Å². The maximum absolute atomic E-state index is 13.7. The van der Waals surface area contributed by atoms with Crippen LogP contribution < -0.4 is 4.74 Å². The first-order valence-electron chi connectivity index (χ1n) is 13.5. The van der Waals surface area contributed by atoms with Gasteiger partial charge in [-0.25, -0.2) is 14.0 Å². The van der Waals surface area contributed by atoms with Crippen LogP contribution in [0.2, 0.25) is 0 Å². The molecule has 1 unspecified atom stereocenters. The number of likely N-dealkylation sites (tertiary alicyclic amines) is 1. The van der Waals surface area contributed by atoms with Crippen molar-refractivity contribution in [2.24, 2.45) is 0 Å². The van der Waals surface area contributed by atoms with Gasteiger partial charge in [-0.1, -0.05) is 49.4 Å². The van der Waals surface area contributed by atoms with E-state index in [4.69, 9.17) is 14.9 Å². The number of ketones is 1. The predicted octanol–water partition coefficient (Wildman–Crippen LogP) is 6.45. The van der Waals surface area contributed by atoms with E-state index in [2.05, 4.69) is 4.90 Å². The Morgan fingerprint density at radius 2 is 1.58 bits per heavy atom. The van der Waals surface area contributed by atoms with Crippen molar-refractivity contribution in [3.8, 4) is 5.75 Å². The molecule has 1 heterocycles. The van der Waals surface area contributed by atoms with E-state index in [-0.39, 0.29) is 17.8 Å². The second-order valence-corrected chi connectivity index (χ2v) is 9.79. The number of aliphatic carboxylic acids is 2. The van der Waals surface area contributed by atoms with E-state index < -0.39 is 35.5 Å². The van der Waals surface area contributed by atoms with Gasteiger partial charge >= 0.3 is 18.1 Å². The van der Waals surface area contributed by atoms with Crippen molar-refractivity contribution in [2.45, 2.75) is 44.0 Å². The molecule has 11 heteroatoms. The molecule has 2 N–H and O–H groups in total. The maximum Gasteiger partial charge on any atom is 0.416 e. The Labute approximate surface area is 246 Å². The molecule has 0 amide bonds. The molecule has 3 aromatic carbocycles. The lowest BCUT2D eigenvalue weighted by Gasteiger charge is -2.41. The molecular formula is C32H31F4NO6. The number of carbonyl (C=O) groups excluding carboxylic acids is 1. The SMILES string of the molecule is CCC(C(=O)c1cccc(F)c1)N1CC[C@H](Oc2ccc(C(F)(F)F)cc2)[C@@H](c2ccccc2)C1.O=C(O)/C=C\C(=O)O. The average molecular weight is 602 g/mol. The van der Waals surface area contributed by atoms with Gasteiger partial charge in [-0.05, 0) is 54.8 Å². The summed E-state index contributed by atoms with van der Waals surface area (Å²) < 4.78 is 58.7. The van der Waals surface area contributed by atoms with Crippen LogP contribution in [0.25, 0.3) is 0 Å². The number of ether oxygens (including phenoxy) is 1. The third-order valence-corrected chi connectivity index (χ3v) is 6.89. The second kappa shape index (κ2) is 15.1. The minimum absolute atomic E-state index is 0.0957. The maximum atomic E-state index is 13.7. The molecule has 1 fully saturated rings.